The number of aromatic nitrogens is 1. The second-order valence-electron chi connectivity index (χ2n) is 7.25. The van der Waals surface area contributed by atoms with Gasteiger partial charge in [-0.05, 0) is 50.2 Å². The first-order valence-corrected chi connectivity index (χ1v) is 11.3. The summed E-state index contributed by atoms with van der Waals surface area (Å²) in [4.78, 5) is 22.3. The van der Waals surface area contributed by atoms with Crippen LogP contribution in [0.15, 0.2) is 36.4 Å². The number of thiazole rings is 1. The topological polar surface area (TPSA) is 36.4 Å². The number of anilines is 1. The molecule has 2 aromatic carbocycles. The van der Waals surface area contributed by atoms with Crippen LogP contribution in [-0.4, -0.2) is 42.0 Å². The molecule has 1 aromatic heterocycles. The van der Waals surface area contributed by atoms with E-state index in [1.807, 2.05) is 49.1 Å². The average Bonchev–Trinajstić information content (AvgIpc) is 3.13. The summed E-state index contributed by atoms with van der Waals surface area (Å²) in [5, 5.41) is 1.45. The lowest BCUT2D eigenvalue weighted by Gasteiger charge is -2.24. The molecule has 6 heteroatoms. The van der Waals surface area contributed by atoms with Crippen LogP contribution in [-0.2, 0) is 11.2 Å². The van der Waals surface area contributed by atoms with Crippen LogP contribution < -0.4 is 4.90 Å². The van der Waals surface area contributed by atoms with E-state index in [2.05, 4.69) is 24.8 Å². The number of rotatable bonds is 8. The molecule has 0 bridgehead atoms. The Kier molecular flexibility index (Phi) is 7.28. The Balaban J connectivity index is 1.91. The molecule has 0 fully saturated rings. The highest BCUT2D eigenvalue weighted by molar-refractivity contribution is 7.22. The molecule has 0 spiro atoms. The SMILES string of the molecule is CCN(CC)CCN(C(=O)Cc1cccc(C)c1)c1nc2c(C)c(Cl)ccc2s1. The zero-order valence-electron chi connectivity index (χ0n) is 17.5. The van der Waals surface area contributed by atoms with Crippen molar-refractivity contribution < 1.29 is 4.79 Å². The van der Waals surface area contributed by atoms with Gasteiger partial charge in [0.1, 0.15) is 0 Å². The minimum absolute atomic E-state index is 0.0746. The van der Waals surface area contributed by atoms with E-state index in [9.17, 15) is 4.79 Å². The molecule has 0 aliphatic carbocycles. The summed E-state index contributed by atoms with van der Waals surface area (Å²) in [6.07, 6.45) is 0.371. The lowest BCUT2D eigenvalue weighted by molar-refractivity contribution is -0.118. The molecule has 0 unspecified atom stereocenters. The molecule has 1 heterocycles. The molecule has 0 aliphatic rings. The number of carbonyl (C=O) groups excluding carboxylic acids is 1. The van der Waals surface area contributed by atoms with Crippen molar-refractivity contribution in [1.82, 2.24) is 9.88 Å². The lowest BCUT2D eigenvalue weighted by atomic mass is 10.1. The van der Waals surface area contributed by atoms with Crippen molar-refractivity contribution in [3.8, 4) is 0 Å². The molecular formula is C23H28ClN3OS. The molecule has 1 amide bonds. The van der Waals surface area contributed by atoms with Crippen LogP contribution >= 0.6 is 22.9 Å². The quantitative estimate of drug-likeness (QED) is 0.475. The number of nitrogens with zero attached hydrogens (tertiary/aromatic N) is 3. The third kappa shape index (κ3) is 5.16. The van der Waals surface area contributed by atoms with Gasteiger partial charge in [0.25, 0.3) is 0 Å². The first kappa shape index (κ1) is 21.8. The Labute approximate surface area is 182 Å². The molecule has 0 saturated carbocycles. The number of halogens is 1. The molecule has 154 valence electrons. The monoisotopic (exact) mass is 429 g/mol. The van der Waals surface area contributed by atoms with E-state index >= 15 is 0 Å². The molecule has 0 radical (unpaired) electrons. The van der Waals surface area contributed by atoms with Crippen LogP contribution in [0.4, 0.5) is 5.13 Å². The highest BCUT2D eigenvalue weighted by atomic mass is 35.5. The number of amides is 1. The van der Waals surface area contributed by atoms with Crippen LogP contribution in [0.25, 0.3) is 10.2 Å². The predicted molar refractivity (Wildman–Crippen MR) is 124 cm³/mol. The van der Waals surface area contributed by atoms with E-state index in [4.69, 9.17) is 16.6 Å². The highest BCUT2D eigenvalue weighted by Crippen LogP contribution is 2.33. The maximum absolute atomic E-state index is 13.3. The minimum atomic E-state index is 0.0746. The summed E-state index contributed by atoms with van der Waals surface area (Å²) in [5.74, 6) is 0.0746. The maximum atomic E-state index is 13.3. The van der Waals surface area contributed by atoms with Gasteiger partial charge >= 0.3 is 0 Å². The third-order valence-electron chi connectivity index (χ3n) is 5.24. The second kappa shape index (κ2) is 9.70. The largest absolute Gasteiger partial charge is 0.302 e. The summed E-state index contributed by atoms with van der Waals surface area (Å²) in [6.45, 7) is 11.7. The van der Waals surface area contributed by atoms with Crippen molar-refractivity contribution in [2.24, 2.45) is 0 Å². The van der Waals surface area contributed by atoms with E-state index in [1.165, 1.54) is 0 Å². The van der Waals surface area contributed by atoms with Gasteiger partial charge in [-0.3, -0.25) is 9.69 Å². The Bertz CT molecular complexity index is 997. The fourth-order valence-corrected chi connectivity index (χ4v) is 4.63. The number of likely N-dealkylation sites (N-methyl/N-ethyl adjacent to an activating group) is 1. The predicted octanol–water partition coefficient (Wildman–Crippen LogP) is 5.48. The van der Waals surface area contributed by atoms with Gasteiger partial charge in [-0.15, -0.1) is 0 Å². The van der Waals surface area contributed by atoms with E-state index in [1.54, 1.807) is 11.3 Å². The van der Waals surface area contributed by atoms with Gasteiger partial charge in [0, 0.05) is 18.1 Å². The molecular weight excluding hydrogens is 402 g/mol. The molecule has 3 aromatic rings. The van der Waals surface area contributed by atoms with E-state index in [-0.39, 0.29) is 5.91 Å². The fraction of sp³-hybridized carbons (Fsp3) is 0.391. The summed E-state index contributed by atoms with van der Waals surface area (Å²) in [7, 11) is 0. The normalized spacial score (nSPS) is 11.4. The van der Waals surface area contributed by atoms with Gasteiger partial charge in [-0.1, -0.05) is 66.6 Å². The maximum Gasteiger partial charge on any atom is 0.233 e. The minimum Gasteiger partial charge on any atom is -0.302 e. The average molecular weight is 430 g/mol. The summed E-state index contributed by atoms with van der Waals surface area (Å²) in [6, 6.07) is 12.0. The number of aryl methyl sites for hydroxylation is 2. The molecule has 3 rings (SSSR count). The van der Waals surface area contributed by atoms with Gasteiger partial charge in [-0.2, -0.15) is 0 Å². The summed E-state index contributed by atoms with van der Waals surface area (Å²) in [5.41, 5.74) is 4.04. The molecule has 0 N–H and O–H groups in total. The van der Waals surface area contributed by atoms with Gasteiger partial charge in [0.2, 0.25) is 5.91 Å². The van der Waals surface area contributed by atoms with Crippen molar-refractivity contribution in [1.29, 1.82) is 0 Å². The Morgan fingerprint density at radius 1 is 1.10 bits per heavy atom. The van der Waals surface area contributed by atoms with Crippen LogP contribution in [0.3, 0.4) is 0 Å². The van der Waals surface area contributed by atoms with E-state index < -0.39 is 0 Å². The zero-order chi connectivity index (χ0) is 21.0. The number of fused-ring (bicyclic) bond motifs is 1. The summed E-state index contributed by atoms with van der Waals surface area (Å²) < 4.78 is 1.05. The van der Waals surface area contributed by atoms with E-state index in [0.717, 1.165) is 51.7 Å². The van der Waals surface area contributed by atoms with Crippen molar-refractivity contribution in [2.45, 2.75) is 34.1 Å². The van der Waals surface area contributed by atoms with Crippen LogP contribution in [0.1, 0.15) is 30.5 Å². The van der Waals surface area contributed by atoms with Crippen molar-refractivity contribution in [3.05, 3.63) is 58.1 Å². The Morgan fingerprint density at radius 2 is 1.86 bits per heavy atom. The standard InChI is InChI=1S/C23H28ClN3OS/c1-5-26(6-2)12-13-27(21(28)15-18-9-7-8-16(3)14-18)23-25-22-17(4)19(24)10-11-20(22)29-23/h7-11,14H,5-6,12-13,15H2,1-4H3. The van der Waals surface area contributed by atoms with Crippen LogP contribution in [0, 0.1) is 13.8 Å². The van der Waals surface area contributed by atoms with Gasteiger partial charge in [-0.25, -0.2) is 4.98 Å². The first-order valence-electron chi connectivity index (χ1n) is 10.1. The second-order valence-corrected chi connectivity index (χ2v) is 8.67. The summed E-state index contributed by atoms with van der Waals surface area (Å²) >= 11 is 7.83. The van der Waals surface area contributed by atoms with Crippen molar-refractivity contribution in [3.63, 3.8) is 0 Å². The van der Waals surface area contributed by atoms with Crippen molar-refractivity contribution >= 4 is 44.2 Å². The molecule has 29 heavy (non-hydrogen) atoms. The van der Waals surface area contributed by atoms with Crippen LogP contribution in [0.5, 0.6) is 0 Å². The van der Waals surface area contributed by atoms with Crippen molar-refractivity contribution in [2.75, 3.05) is 31.1 Å². The third-order valence-corrected chi connectivity index (χ3v) is 6.69. The Hall–Kier alpha value is -1.95. The van der Waals surface area contributed by atoms with Gasteiger partial charge in [0.15, 0.2) is 5.13 Å². The van der Waals surface area contributed by atoms with Crippen LogP contribution in [0.2, 0.25) is 5.02 Å². The van der Waals surface area contributed by atoms with Gasteiger partial charge in [0.05, 0.1) is 16.6 Å². The molecule has 0 saturated heterocycles. The first-order chi connectivity index (χ1) is 13.9. The zero-order valence-corrected chi connectivity index (χ0v) is 19.1. The number of hydrogen-bond acceptors (Lipinski definition) is 4. The van der Waals surface area contributed by atoms with Gasteiger partial charge < -0.3 is 4.90 Å². The number of carbonyl (C=O) groups is 1. The molecule has 0 aliphatic heterocycles. The molecule has 4 nitrogen and oxygen atoms in total. The smallest absolute Gasteiger partial charge is 0.233 e. The fourth-order valence-electron chi connectivity index (χ4n) is 3.40. The number of benzene rings is 2. The lowest BCUT2D eigenvalue weighted by Crippen LogP contribution is -2.39. The number of hydrogen-bond donors (Lipinski definition) is 0. The van der Waals surface area contributed by atoms with E-state index in [0.29, 0.717) is 18.0 Å². The highest BCUT2D eigenvalue weighted by Gasteiger charge is 2.21. The molecule has 0 atom stereocenters. The Morgan fingerprint density at radius 3 is 2.55 bits per heavy atom.